The van der Waals surface area contributed by atoms with E-state index < -0.39 is 0 Å². The topological polar surface area (TPSA) is 56.8 Å². The van der Waals surface area contributed by atoms with Crippen molar-refractivity contribution in [2.24, 2.45) is 0 Å². The number of pyridine rings is 1. The second-order valence-electron chi connectivity index (χ2n) is 5.79. The number of piperazine rings is 1. The number of nitrogens with zero attached hydrogens (tertiary/aromatic N) is 4. The third kappa shape index (κ3) is 5.16. The van der Waals surface area contributed by atoms with Gasteiger partial charge in [-0.25, -0.2) is 0 Å². The van der Waals surface area contributed by atoms with Crippen LogP contribution in [-0.2, 0) is 9.59 Å². The predicted molar refractivity (Wildman–Crippen MR) is 94.2 cm³/mol. The van der Waals surface area contributed by atoms with Gasteiger partial charge >= 0.3 is 0 Å². The molecule has 1 fully saturated rings. The first-order chi connectivity index (χ1) is 11.6. The van der Waals surface area contributed by atoms with Gasteiger partial charge in [-0.2, -0.15) is 0 Å². The van der Waals surface area contributed by atoms with Crippen molar-refractivity contribution in [3.05, 3.63) is 36.2 Å². The van der Waals surface area contributed by atoms with Crippen LogP contribution in [0.2, 0.25) is 0 Å². The lowest BCUT2D eigenvalue weighted by Gasteiger charge is -2.34. The highest BCUT2D eigenvalue weighted by Gasteiger charge is 2.22. The molecule has 0 bridgehead atoms. The number of hydrogen-bond acceptors (Lipinski definition) is 4. The maximum atomic E-state index is 12.2. The molecule has 1 aromatic heterocycles. The van der Waals surface area contributed by atoms with Crippen LogP contribution in [0.3, 0.4) is 0 Å². The van der Waals surface area contributed by atoms with Gasteiger partial charge in [-0.3, -0.25) is 19.5 Å². The zero-order chi connectivity index (χ0) is 17.4. The van der Waals surface area contributed by atoms with Gasteiger partial charge in [0, 0.05) is 57.7 Å². The standard InChI is InChI=1S/C18H26N4O2/c1-3-21(4-2)18(24)15-20-10-12-22(13-11-20)17(23)8-7-16-6-5-9-19-14-16/h5-9,14H,3-4,10-13,15H2,1-2H3/b8-7+. The van der Waals surface area contributed by atoms with Gasteiger partial charge in [0.05, 0.1) is 6.54 Å². The maximum Gasteiger partial charge on any atom is 0.246 e. The summed E-state index contributed by atoms with van der Waals surface area (Å²) in [6, 6.07) is 3.75. The van der Waals surface area contributed by atoms with Crippen LogP contribution < -0.4 is 0 Å². The fourth-order valence-corrected chi connectivity index (χ4v) is 2.74. The number of carbonyl (C=O) groups excluding carboxylic acids is 2. The first-order valence-corrected chi connectivity index (χ1v) is 8.51. The van der Waals surface area contributed by atoms with E-state index in [0.717, 1.165) is 31.7 Å². The lowest BCUT2D eigenvalue weighted by atomic mass is 10.2. The third-order valence-corrected chi connectivity index (χ3v) is 4.26. The fraction of sp³-hybridized carbons (Fsp3) is 0.500. The monoisotopic (exact) mass is 330 g/mol. The highest BCUT2D eigenvalue weighted by molar-refractivity contribution is 5.91. The number of likely N-dealkylation sites (N-methyl/N-ethyl adjacent to an activating group) is 1. The summed E-state index contributed by atoms with van der Waals surface area (Å²) in [5, 5.41) is 0. The van der Waals surface area contributed by atoms with E-state index in [1.165, 1.54) is 0 Å². The van der Waals surface area contributed by atoms with Crippen molar-refractivity contribution in [3.8, 4) is 0 Å². The third-order valence-electron chi connectivity index (χ3n) is 4.26. The molecule has 0 N–H and O–H groups in total. The minimum atomic E-state index is 0.00794. The van der Waals surface area contributed by atoms with Gasteiger partial charge in [-0.1, -0.05) is 6.07 Å². The van der Waals surface area contributed by atoms with E-state index in [1.807, 2.05) is 35.8 Å². The molecule has 0 radical (unpaired) electrons. The molecule has 1 aliphatic heterocycles. The van der Waals surface area contributed by atoms with Crippen LogP contribution in [0.25, 0.3) is 6.08 Å². The quantitative estimate of drug-likeness (QED) is 0.733. The van der Waals surface area contributed by atoms with Crippen molar-refractivity contribution in [2.45, 2.75) is 13.8 Å². The minimum Gasteiger partial charge on any atom is -0.342 e. The maximum absolute atomic E-state index is 12.2. The summed E-state index contributed by atoms with van der Waals surface area (Å²) >= 11 is 0. The molecular weight excluding hydrogens is 304 g/mol. The summed E-state index contributed by atoms with van der Waals surface area (Å²) < 4.78 is 0. The average Bonchev–Trinajstić information content (AvgIpc) is 2.62. The molecule has 2 heterocycles. The molecule has 2 rings (SSSR count). The normalized spacial score (nSPS) is 15.7. The minimum absolute atomic E-state index is 0.00794. The van der Waals surface area contributed by atoms with E-state index in [1.54, 1.807) is 24.5 Å². The molecule has 0 saturated carbocycles. The average molecular weight is 330 g/mol. The summed E-state index contributed by atoms with van der Waals surface area (Å²) in [5.41, 5.74) is 0.911. The summed E-state index contributed by atoms with van der Waals surface area (Å²) in [6.45, 7) is 8.69. The number of carbonyl (C=O) groups is 2. The molecule has 0 aromatic carbocycles. The Kier molecular flexibility index (Phi) is 6.93. The van der Waals surface area contributed by atoms with Crippen molar-refractivity contribution in [1.82, 2.24) is 19.7 Å². The van der Waals surface area contributed by atoms with Gasteiger partial charge in [0.15, 0.2) is 0 Å². The van der Waals surface area contributed by atoms with Crippen molar-refractivity contribution in [1.29, 1.82) is 0 Å². The van der Waals surface area contributed by atoms with Crippen molar-refractivity contribution in [2.75, 3.05) is 45.8 Å². The summed E-state index contributed by atoms with van der Waals surface area (Å²) in [4.78, 5) is 34.2. The molecule has 130 valence electrons. The Morgan fingerprint density at radius 3 is 2.50 bits per heavy atom. The second-order valence-corrected chi connectivity index (χ2v) is 5.79. The van der Waals surface area contributed by atoms with Crippen LogP contribution in [0.5, 0.6) is 0 Å². The molecule has 0 atom stereocenters. The van der Waals surface area contributed by atoms with Gasteiger partial charge in [0.2, 0.25) is 11.8 Å². The van der Waals surface area contributed by atoms with Gasteiger partial charge in [-0.05, 0) is 31.6 Å². The zero-order valence-electron chi connectivity index (χ0n) is 14.5. The van der Waals surface area contributed by atoms with Gasteiger partial charge in [0.1, 0.15) is 0 Å². The molecule has 1 aliphatic rings. The molecule has 6 heteroatoms. The van der Waals surface area contributed by atoms with Crippen molar-refractivity contribution in [3.63, 3.8) is 0 Å². The molecule has 0 unspecified atom stereocenters. The molecule has 2 amide bonds. The molecule has 0 aliphatic carbocycles. The first-order valence-electron chi connectivity index (χ1n) is 8.51. The Labute approximate surface area is 143 Å². The van der Waals surface area contributed by atoms with E-state index >= 15 is 0 Å². The van der Waals surface area contributed by atoms with Crippen molar-refractivity contribution >= 4 is 17.9 Å². The molecule has 6 nitrogen and oxygen atoms in total. The van der Waals surface area contributed by atoms with E-state index in [-0.39, 0.29) is 11.8 Å². The van der Waals surface area contributed by atoms with Crippen LogP contribution in [0, 0.1) is 0 Å². The Morgan fingerprint density at radius 2 is 1.92 bits per heavy atom. The zero-order valence-corrected chi connectivity index (χ0v) is 14.5. The predicted octanol–water partition coefficient (Wildman–Crippen LogP) is 1.11. The smallest absolute Gasteiger partial charge is 0.246 e. The number of aromatic nitrogens is 1. The van der Waals surface area contributed by atoms with Crippen molar-refractivity contribution < 1.29 is 9.59 Å². The molecular formula is C18H26N4O2. The molecule has 1 aromatic rings. The van der Waals surface area contributed by atoms with Crippen LogP contribution >= 0.6 is 0 Å². The highest BCUT2D eigenvalue weighted by atomic mass is 16.2. The van der Waals surface area contributed by atoms with Gasteiger partial charge in [0.25, 0.3) is 0 Å². The summed E-state index contributed by atoms with van der Waals surface area (Å²) in [5.74, 6) is 0.171. The van der Waals surface area contributed by atoms with Gasteiger partial charge in [-0.15, -0.1) is 0 Å². The summed E-state index contributed by atoms with van der Waals surface area (Å²) in [7, 11) is 0. The summed E-state index contributed by atoms with van der Waals surface area (Å²) in [6.07, 6.45) is 6.80. The Balaban J connectivity index is 1.79. The van der Waals surface area contributed by atoms with Gasteiger partial charge < -0.3 is 9.80 Å². The fourth-order valence-electron chi connectivity index (χ4n) is 2.74. The van der Waals surface area contributed by atoms with E-state index in [4.69, 9.17) is 0 Å². The Hall–Kier alpha value is -2.21. The Morgan fingerprint density at radius 1 is 1.21 bits per heavy atom. The molecule has 1 saturated heterocycles. The molecule has 0 spiro atoms. The van der Waals surface area contributed by atoms with E-state index in [9.17, 15) is 9.59 Å². The number of amides is 2. The number of hydrogen-bond donors (Lipinski definition) is 0. The van der Waals surface area contributed by atoms with Crippen LogP contribution in [0.4, 0.5) is 0 Å². The van der Waals surface area contributed by atoms with E-state index in [2.05, 4.69) is 9.88 Å². The highest BCUT2D eigenvalue weighted by Crippen LogP contribution is 2.06. The van der Waals surface area contributed by atoms with Crippen LogP contribution in [-0.4, -0.2) is 77.3 Å². The first kappa shape index (κ1) is 18.1. The largest absolute Gasteiger partial charge is 0.342 e. The lowest BCUT2D eigenvalue weighted by Crippen LogP contribution is -2.51. The van der Waals surface area contributed by atoms with E-state index in [0.29, 0.717) is 19.6 Å². The van der Waals surface area contributed by atoms with Crippen LogP contribution in [0.1, 0.15) is 19.4 Å². The lowest BCUT2D eigenvalue weighted by molar-refractivity contribution is -0.133. The Bertz CT molecular complexity index is 562. The SMILES string of the molecule is CCN(CC)C(=O)CN1CCN(C(=O)/C=C/c2cccnc2)CC1. The van der Waals surface area contributed by atoms with Crippen LogP contribution in [0.15, 0.2) is 30.6 Å². The number of rotatable bonds is 6. The second kappa shape index (κ2) is 9.17. The molecule has 24 heavy (non-hydrogen) atoms.